The van der Waals surface area contributed by atoms with E-state index in [-0.39, 0.29) is 11.8 Å². The van der Waals surface area contributed by atoms with Crippen LogP contribution >= 0.6 is 0 Å². The summed E-state index contributed by atoms with van der Waals surface area (Å²) in [5, 5.41) is 7.75. The summed E-state index contributed by atoms with van der Waals surface area (Å²) in [5.74, 6) is 0.104. The lowest BCUT2D eigenvalue weighted by molar-refractivity contribution is -0.115. The van der Waals surface area contributed by atoms with Gasteiger partial charge in [0.25, 0.3) is 5.91 Å². The van der Waals surface area contributed by atoms with Crippen molar-refractivity contribution in [2.45, 2.75) is 25.3 Å². The van der Waals surface area contributed by atoms with Crippen molar-refractivity contribution in [3.8, 4) is 22.5 Å². The molecule has 2 aromatic carbocycles. The average Bonchev–Trinajstić information content (AvgIpc) is 3.59. The lowest BCUT2D eigenvalue weighted by atomic mass is 10.0. The number of ether oxygens (including phenoxy) is 1. The molecular formula is C30H30N6O3. The number of carbonyl (C=O) groups excluding carboxylic acids is 2. The second-order valence-corrected chi connectivity index (χ2v) is 10.5. The number of rotatable bonds is 4. The molecule has 7 rings (SSSR count). The van der Waals surface area contributed by atoms with Gasteiger partial charge in [-0.15, -0.1) is 0 Å². The number of nitrogens with one attached hydrogen (secondary N) is 1. The molecule has 0 aliphatic carbocycles. The summed E-state index contributed by atoms with van der Waals surface area (Å²) in [5.41, 5.74) is 6.84. The fourth-order valence-corrected chi connectivity index (χ4v) is 5.96. The van der Waals surface area contributed by atoms with Gasteiger partial charge in [0, 0.05) is 54.6 Å². The van der Waals surface area contributed by atoms with E-state index in [0.717, 1.165) is 91.6 Å². The number of hydrogen-bond donors (Lipinski definition) is 1. The highest BCUT2D eigenvalue weighted by atomic mass is 16.5. The zero-order valence-corrected chi connectivity index (χ0v) is 21.7. The lowest BCUT2D eigenvalue weighted by Gasteiger charge is -2.40. The third-order valence-corrected chi connectivity index (χ3v) is 8.13. The van der Waals surface area contributed by atoms with E-state index in [1.807, 2.05) is 70.2 Å². The quantitative estimate of drug-likeness (QED) is 0.441. The van der Waals surface area contributed by atoms with E-state index in [4.69, 9.17) is 9.84 Å². The number of aromatic nitrogens is 3. The number of piperidine rings is 1. The maximum atomic E-state index is 13.2. The predicted molar refractivity (Wildman–Crippen MR) is 148 cm³/mol. The summed E-state index contributed by atoms with van der Waals surface area (Å²) >= 11 is 0. The van der Waals surface area contributed by atoms with Crippen LogP contribution in [0.2, 0.25) is 0 Å². The molecule has 39 heavy (non-hydrogen) atoms. The highest BCUT2D eigenvalue weighted by molar-refractivity contribution is 5.99. The van der Waals surface area contributed by atoms with Crippen LogP contribution in [0, 0.1) is 0 Å². The number of likely N-dealkylation sites (tertiary alicyclic amines) is 1. The minimum atomic E-state index is 0.0140. The van der Waals surface area contributed by atoms with Gasteiger partial charge in [-0.25, -0.2) is 9.50 Å². The summed E-state index contributed by atoms with van der Waals surface area (Å²) in [6.45, 7) is 5.18. The molecule has 0 saturated carbocycles. The van der Waals surface area contributed by atoms with Crippen molar-refractivity contribution in [3.05, 3.63) is 71.9 Å². The molecule has 2 amide bonds. The number of imidazole rings is 1. The fourth-order valence-electron chi connectivity index (χ4n) is 5.96. The van der Waals surface area contributed by atoms with E-state index in [0.29, 0.717) is 18.0 Å². The average molecular weight is 523 g/mol. The number of amides is 2. The number of morpholine rings is 1. The van der Waals surface area contributed by atoms with E-state index >= 15 is 0 Å². The molecule has 5 heterocycles. The first-order valence-corrected chi connectivity index (χ1v) is 13.6. The molecule has 1 N–H and O–H groups in total. The first kappa shape index (κ1) is 24.0. The van der Waals surface area contributed by atoms with E-state index < -0.39 is 0 Å². The van der Waals surface area contributed by atoms with Crippen LogP contribution in [0.15, 0.2) is 60.8 Å². The molecule has 3 aliphatic heterocycles. The predicted octanol–water partition coefficient (Wildman–Crippen LogP) is 3.49. The number of fused-ring (bicyclic) bond motifs is 2. The molecule has 9 nitrogen and oxygen atoms in total. The van der Waals surface area contributed by atoms with Gasteiger partial charge in [0.05, 0.1) is 37.2 Å². The highest BCUT2D eigenvalue weighted by Crippen LogP contribution is 2.30. The molecule has 0 bridgehead atoms. The SMILES string of the molecule is O=C1Cc2cc(-c3cnc4ccc(-c5ccc(C(=O)N6CCC(N7CCOCC7)CC6)cc5)nn34)ccc2N1. The number of carbonyl (C=O) groups is 2. The van der Waals surface area contributed by atoms with Gasteiger partial charge in [-0.3, -0.25) is 14.5 Å². The Morgan fingerprint density at radius 3 is 2.49 bits per heavy atom. The van der Waals surface area contributed by atoms with Crippen LogP contribution in [0.1, 0.15) is 28.8 Å². The first-order valence-electron chi connectivity index (χ1n) is 13.6. The maximum Gasteiger partial charge on any atom is 0.253 e. The molecule has 0 unspecified atom stereocenters. The largest absolute Gasteiger partial charge is 0.379 e. The Balaban J connectivity index is 1.07. The zero-order chi connectivity index (χ0) is 26.3. The van der Waals surface area contributed by atoms with Crippen molar-refractivity contribution in [1.29, 1.82) is 0 Å². The Morgan fingerprint density at radius 2 is 1.69 bits per heavy atom. The van der Waals surface area contributed by atoms with Gasteiger partial charge in [0.2, 0.25) is 5.91 Å². The molecule has 0 atom stereocenters. The third kappa shape index (κ3) is 4.57. The van der Waals surface area contributed by atoms with Crippen molar-refractivity contribution in [1.82, 2.24) is 24.4 Å². The Morgan fingerprint density at radius 1 is 0.923 bits per heavy atom. The Hall–Kier alpha value is -4.08. The zero-order valence-electron chi connectivity index (χ0n) is 21.7. The second-order valence-electron chi connectivity index (χ2n) is 10.5. The number of anilines is 1. The molecule has 2 fully saturated rings. The van der Waals surface area contributed by atoms with E-state index in [9.17, 15) is 9.59 Å². The summed E-state index contributed by atoms with van der Waals surface area (Å²) in [6, 6.07) is 18.1. The Kier molecular flexibility index (Phi) is 6.09. The smallest absolute Gasteiger partial charge is 0.253 e. The van der Waals surface area contributed by atoms with Gasteiger partial charge in [-0.2, -0.15) is 5.10 Å². The van der Waals surface area contributed by atoms with Crippen LogP contribution in [-0.4, -0.2) is 81.6 Å². The normalized spacial score (nSPS) is 18.4. The molecule has 3 aliphatic rings. The summed E-state index contributed by atoms with van der Waals surface area (Å²) in [6.07, 6.45) is 4.22. The molecule has 2 aromatic heterocycles. The van der Waals surface area contributed by atoms with Crippen molar-refractivity contribution >= 4 is 23.1 Å². The highest BCUT2D eigenvalue weighted by Gasteiger charge is 2.28. The summed E-state index contributed by atoms with van der Waals surface area (Å²) in [7, 11) is 0. The molecule has 198 valence electrons. The van der Waals surface area contributed by atoms with Gasteiger partial charge >= 0.3 is 0 Å². The number of nitrogens with zero attached hydrogens (tertiary/aromatic N) is 5. The number of hydrogen-bond acceptors (Lipinski definition) is 6. The van der Waals surface area contributed by atoms with Crippen LogP contribution in [0.4, 0.5) is 5.69 Å². The molecule has 9 heteroatoms. The van der Waals surface area contributed by atoms with Crippen molar-refractivity contribution in [2.24, 2.45) is 0 Å². The minimum absolute atomic E-state index is 0.0140. The van der Waals surface area contributed by atoms with Gasteiger partial charge in [-0.1, -0.05) is 18.2 Å². The monoisotopic (exact) mass is 522 g/mol. The van der Waals surface area contributed by atoms with Gasteiger partial charge in [-0.05, 0) is 54.8 Å². The van der Waals surface area contributed by atoms with E-state index in [1.165, 1.54) is 0 Å². The molecule has 0 spiro atoms. The summed E-state index contributed by atoms with van der Waals surface area (Å²) < 4.78 is 7.31. The van der Waals surface area contributed by atoms with E-state index in [1.54, 1.807) is 0 Å². The Labute approximate surface area is 226 Å². The topological polar surface area (TPSA) is 92.1 Å². The first-order chi connectivity index (χ1) is 19.1. The molecule has 4 aromatic rings. The van der Waals surface area contributed by atoms with Crippen molar-refractivity contribution in [2.75, 3.05) is 44.7 Å². The van der Waals surface area contributed by atoms with Crippen LogP contribution < -0.4 is 5.32 Å². The molecule has 2 saturated heterocycles. The van der Waals surface area contributed by atoms with Gasteiger partial charge < -0.3 is 15.0 Å². The third-order valence-electron chi connectivity index (χ3n) is 8.13. The standard InChI is InChI=1S/C30H30N6O3/c37-29-18-23-17-22(5-6-25(23)32-29)27-19-31-28-8-7-26(33-36(27)28)20-1-3-21(4-2-20)30(38)35-11-9-24(10-12-35)34-13-15-39-16-14-34/h1-8,17,19,24H,9-16,18H2,(H,32,37). The van der Waals surface area contributed by atoms with Gasteiger partial charge in [0.15, 0.2) is 5.65 Å². The number of benzene rings is 2. The Bertz CT molecular complexity index is 1550. The fraction of sp³-hybridized carbons (Fsp3) is 0.333. The second kappa shape index (κ2) is 9.91. The molecule has 0 radical (unpaired) electrons. The minimum Gasteiger partial charge on any atom is -0.379 e. The van der Waals surface area contributed by atoms with Crippen LogP contribution in [-0.2, 0) is 16.0 Å². The lowest BCUT2D eigenvalue weighted by Crippen LogP contribution is -2.50. The van der Waals surface area contributed by atoms with Crippen LogP contribution in [0.5, 0.6) is 0 Å². The van der Waals surface area contributed by atoms with Crippen molar-refractivity contribution in [3.63, 3.8) is 0 Å². The maximum absolute atomic E-state index is 13.2. The van der Waals surface area contributed by atoms with E-state index in [2.05, 4.69) is 15.2 Å². The molecular weight excluding hydrogens is 492 g/mol. The van der Waals surface area contributed by atoms with Crippen LogP contribution in [0.3, 0.4) is 0 Å². The van der Waals surface area contributed by atoms with Crippen molar-refractivity contribution < 1.29 is 14.3 Å². The van der Waals surface area contributed by atoms with Crippen LogP contribution in [0.25, 0.3) is 28.2 Å². The summed E-state index contributed by atoms with van der Waals surface area (Å²) in [4.78, 5) is 34.0. The van der Waals surface area contributed by atoms with Gasteiger partial charge in [0.1, 0.15) is 0 Å².